The number of ketones is 1. The number of Topliss-reactive ketones (excluding diaryl/α,β-unsaturated/α-hetero) is 1. The average Bonchev–Trinajstić information content (AvgIpc) is 2.93. The van der Waals surface area contributed by atoms with Crippen molar-refractivity contribution in [1.82, 2.24) is 4.90 Å². The first-order valence-electron chi connectivity index (χ1n) is 9.08. The molecule has 0 saturated carbocycles. The second kappa shape index (κ2) is 7.84. The maximum atomic E-state index is 13.4. The van der Waals surface area contributed by atoms with Crippen LogP contribution in [0.25, 0.3) is 5.76 Å². The molecule has 2 aromatic rings. The standard InChI is InChI=1S/C22H22FNO4/c1-4-11-24-19(14-6-8-15(23)9-7-14)18(21(26)22(24)27)20(25)16-12-13(2)5-10-17(16)28-3/h5-10,12,19,25H,4,11H2,1-3H3/b20-18+. The number of likely N-dealkylation sites (tertiary alicyclic amines) is 1. The summed E-state index contributed by atoms with van der Waals surface area (Å²) in [7, 11) is 1.47. The van der Waals surface area contributed by atoms with Crippen LogP contribution in [-0.2, 0) is 9.59 Å². The van der Waals surface area contributed by atoms with E-state index in [2.05, 4.69) is 0 Å². The Bertz CT molecular complexity index is 950. The lowest BCUT2D eigenvalue weighted by molar-refractivity contribution is -0.139. The van der Waals surface area contributed by atoms with Crippen LogP contribution in [0.3, 0.4) is 0 Å². The summed E-state index contributed by atoms with van der Waals surface area (Å²) >= 11 is 0. The number of rotatable bonds is 5. The quantitative estimate of drug-likeness (QED) is 0.482. The van der Waals surface area contributed by atoms with Crippen LogP contribution in [0.2, 0.25) is 0 Å². The molecule has 3 rings (SSSR count). The number of amides is 1. The van der Waals surface area contributed by atoms with Gasteiger partial charge < -0.3 is 14.7 Å². The summed E-state index contributed by atoms with van der Waals surface area (Å²) in [4.78, 5) is 26.9. The van der Waals surface area contributed by atoms with Gasteiger partial charge in [-0.1, -0.05) is 30.7 Å². The maximum absolute atomic E-state index is 13.4. The number of nitrogens with zero attached hydrogens (tertiary/aromatic N) is 1. The smallest absolute Gasteiger partial charge is 0.295 e. The molecule has 1 aliphatic rings. The zero-order valence-electron chi connectivity index (χ0n) is 16.0. The molecule has 1 aliphatic heterocycles. The van der Waals surface area contributed by atoms with Crippen LogP contribution < -0.4 is 4.74 Å². The zero-order chi connectivity index (χ0) is 20.4. The molecule has 1 amide bonds. The molecular weight excluding hydrogens is 361 g/mol. The van der Waals surface area contributed by atoms with Crippen molar-refractivity contribution in [3.05, 3.63) is 70.5 Å². The lowest BCUT2D eigenvalue weighted by Gasteiger charge is -2.25. The highest BCUT2D eigenvalue weighted by molar-refractivity contribution is 6.46. The number of aliphatic hydroxyl groups excluding tert-OH is 1. The van der Waals surface area contributed by atoms with Crippen molar-refractivity contribution in [1.29, 1.82) is 0 Å². The largest absolute Gasteiger partial charge is 0.507 e. The predicted molar refractivity (Wildman–Crippen MR) is 103 cm³/mol. The van der Waals surface area contributed by atoms with Crippen molar-refractivity contribution in [3.63, 3.8) is 0 Å². The molecule has 1 fully saturated rings. The minimum atomic E-state index is -0.786. The monoisotopic (exact) mass is 383 g/mol. The number of carbonyl (C=O) groups excluding carboxylic acids is 2. The molecule has 1 atom stereocenters. The summed E-state index contributed by atoms with van der Waals surface area (Å²) in [5.41, 5.74) is 1.74. The maximum Gasteiger partial charge on any atom is 0.295 e. The van der Waals surface area contributed by atoms with E-state index in [9.17, 15) is 19.1 Å². The number of benzene rings is 2. The Morgan fingerprint density at radius 3 is 2.46 bits per heavy atom. The predicted octanol–water partition coefficient (Wildman–Crippen LogP) is 3.97. The molecule has 0 aromatic heterocycles. The number of aryl methyl sites for hydroxylation is 1. The fourth-order valence-corrected chi connectivity index (χ4v) is 3.50. The summed E-state index contributed by atoms with van der Waals surface area (Å²) < 4.78 is 18.7. The molecule has 146 valence electrons. The van der Waals surface area contributed by atoms with Gasteiger partial charge in [0.15, 0.2) is 0 Å². The van der Waals surface area contributed by atoms with Gasteiger partial charge in [-0.15, -0.1) is 0 Å². The van der Waals surface area contributed by atoms with Crippen molar-refractivity contribution in [2.75, 3.05) is 13.7 Å². The third-order valence-corrected chi connectivity index (χ3v) is 4.80. The summed E-state index contributed by atoms with van der Waals surface area (Å²) in [6, 6.07) is 10.0. The van der Waals surface area contributed by atoms with Gasteiger partial charge in [0, 0.05) is 6.54 Å². The number of methoxy groups -OCH3 is 1. The normalized spacial score (nSPS) is 18.6. The van der Waals surface area contributed by atoms with Crippen LogP contribution >= 0.6 is 0 Å². The van der Waals surface area contributed by atoms with Crippen molar-refractivity contribution >= 4 is 17.4 Å². The average molecular weight is 383 g/mol. The molecule has 0 aliphatic carbocycles. The fraction of sp³-hybridized carbons (Fsp3) is 0.273. The van der Waals surface area contributed by atoms with Gasteiger partial charge in [0.25, 0.3) is 11.7 Å². The molecule has 2 aromatic carbocycles. The highest BCUT2D eigenvalue weighted by atomic mass is 19.1. The van der Waals surface area contributed by atoms with Crippen LogP contribution in [0.15, 0.2) is 48.0 Å². The Morgan fingerprint density at radius 2 is 1.86 bits per heavy atom. The van der Waals surface area contributed by atoms with E-state index < -0.39 is 23.5 Å². The number of aliphatic hydroxyl groups is 1. The van der Waals surface area contributed by atoms with Gasteiger partial charge in [-0.25, -0.2) is 4.39 Å². The van der Waals surface area contributed by atoms with Gasteiger partial charge in [0.1, 0.15) is 17.3 Å². The Morgan fingerprint density at radius 1 is 1.18 bits per heavy atom. The van der Waals surface area contributed by atoms with Crippen molar-refractivity contribution < 1.29 is 23.8 Å². The fourth-order valence-electron chi connectivity index (χ4n) is 3.50. The number of hydrogen-bond acceptors (Lipinski definition) is 4. The highest BCUT2D eigenvalue weighted by Gasteiger charge is 2.45. The Kier molecular flexibility index (Phi) is 5.49. The molecule has 28 heavy (non-hydrogen) atoms. The van der Waals surface area contributed by atoms with Crippen LogP contribution in [0.5, 0.6) is 5.75 Å². The van der Waals surface area contributed by atoms with Gasteiger partial charge in [0.2, 0.25) is 0 Å². The lowest BCUT2D eigenvalue weighted by atomic mass is 9.94. The van der Waals surface area contributed by atoms with Crippen LogP contribution in [0, 0.1) is 12.7 Å². The highest BCUT2D eigenvalue weighted by Crippen LogP contribution is 2.41. The van der Waals surface area contributed by atoms with Gasteiger partial charge in [-0.3, -0.25) is 9.59 Å². The molecule has 1 unspecified atom stereocenters. The second-order valence-electron chi connectivity index (χ2n) is 6.75. The molecule has 0 spiro atoms. The van der Waals surface area contributed by atoms with Crippen LogP contribution in [0.1, 0.15) is 36.1 Å². The summed E-state index contributed by atoms with van der Waals surface area (Å²) in [5, 5.41) is 11.0. The summed E-state index contributed by atoms with van der Waals surface area (Å²) in [5.74, 6) is -1.76. The summed E-state index contributed by atoms with van der Waals surface area (Å²) in [6.45, 7) is 4.09. The minimum absolute atomic E-state index is 0.0195. The van der Waals surface area contributed by atoms with E-state index in [4.69, 9.17) is 4.74 Å². The van der Waals surface area contributed by atoms with Gasteiger partial charge >= 0.3 is 0 Å². The third kappa shape index (κ3) is 3.38. The summed E-state index contributed by atoms with van der Waals surface area (Å²) in [6.07, 6.45) is 0.637. The first kappa shape index (κ1) is 19.6. The molecule has 1 heterocycles. The van der Waals surface area contributed by atoms with Gasteiger partial charge in [-0.05, 0) is 43.2 Å². The first-order chi connectivity index (χ1) is 13.4. The van der Waals surface area contributed by atoms with Gasteiger partial charge in [0.05, 0.1) is 24.3 Å². The topological polar surface area (TPSA) is 66.8 Å². The van der Waals surface area contributed by atoms with E-state index in [0.717, 1.165) is 5.56 Å². The molecule has 1 saturated heterocycles. The number of carbonyl (C=O) groups is 2. The number of hydrogen-bond donors (Lipinski definition) is 1. The molecule has 5 nitrogen and oxygen atoms in total. The molecule has 1 N–H and O–H groups in total. The van der Waals surface area contributed by atoms with Crippen molar-refractivity contribution in [3.8, 4) is 5.75 Å². The third-order valence-electron chi connectivity index (χ3n) is 4.80. The number of ether oxygens (including phenoxy) is 1. The molecule has 0 radical (unpaired) electrons. The second-order valence-corrected chi connectivity index (χ2v) is 6.75. The number of halogens is 1. The van der Waals surface area contributed by atoms with E-state index >= 15 is 0 Å². The van der Waals surface area contributed by atoms with Crippen molar-refractivity contribution in [2.45, 2.75) is 26.3 Å². The SMILES string of the molecule is CCCN1C(=O)C(=O)/C(=C(/O)c2cc(C)ccc2OC)C1c1ccc(F)cc1. The van der Waals surface area contributed by atoms with E-state index in [1.807, 2.05) is 19.9 Å². The molecular formula is C22H22FNO4. The van der Waals surface area contributed by atoms with E-state index in [1.54, 1.807) is 12.1 Å². The molecule has 0 bridgehead atoms. The van der Waals surface area contributed by atoms with E-state index in [-0.39, 0.29) is 11.3 Å². The Labute approximate surface area is 163 Å². The minimum Gasteiger partial charge on any atom is -0.507 e. The zero-order valence-corrected chi connectivity index (χ0v) is 16.0. The molecule has 6 heteroatoms. The Balaban J connectivity index is 2.24. The van der Waals surface area contributed by atoms with Crippen molar-refractivity contribution in [2.24, 2.45) is 0 Å². The van der Waals surface area contributed by atoms with Crippen LogP contribution in [0.4, 0.5) is 4.39 Å². The Hall–Kier alpha value is -3.15. The van der Waals surface area contributed by atoms with Crippen LogP contribution in [-0.4, -0.2) is 35.4 Å². The lowest BCUT2D eigenvalue weighted by Crippen LogP contribution is -2.30. The van der Waals surface area contributed by atoms with E-state index in [1.165, 1.54) is 36.3 Å². The van der Waals surface area contributed by atoms with Gasteiger partial charge in [-0.2, -0.15) is 0 Å². The van der Waals surface area contributed by atoms with E-state index in [0.29, 0.717) is 29.8 Å². The first-order valence-corrected chi connectivity index (χ1v) is 9.08.